The van der Waals surface area contributed by atoms with Gasteiger partial charge in [-0.2, -0.15) is 4.98 Å². The maximum Gasteiger partial charge on any atom is 0.354 e. The molecule has 5 rings (SSSR count). The molecule has 0 bridgehead atoms. The van der Waals surface area contributed by atoms with Crippen molar-refractivity contribution in [3.05, 3.63) is 52.6 Å². The maximum absolute atomic E-state index is 12.5. The van der Waals surface area contributed by atoms with E-state index in [1.807, 2.05) is 24.3 Å². The third-order valence-electron chi connectivity index (χ3n) is 6.64. The number of piperazine rings is 1. The van der Waals surface area contributed by atoms with Crippen LogP contribution in [0.15, 0.2) is 41.3 Å². The highest BCUT2D eigenvalue weighted by Crippen LogP contribution is 2.47. The minimum Gasteiger partial charge on any atom is -0.322 e. The molecule has 1 aromatic heterocycles. The van der Waals surface area contributed by atoms with Crippen molar-refractivity contribution in [1.82, 2.24) is 30.4 Å². The number of hydrogen-bond acceptors (Lipinski definition) is 6. The molecule has 9 heteroatoms. The van der Waals surface area contributed by atoms with E-state index in [4.69, 9.17) is 0 Å². The van der Waals surface area contributed by atoms with Crippen molar-refractivity contribution >= 4 is 11.8 Å². The number of aromatic nitrogens is 2. The zero-order valence-corrected chi connectivity index (χ0v) is 17.5. The minimum absolute atomic E-state index is 0.228. The van der Waals surface area contributed by atoms with Gasteiger partial charge >= 0.3 is 11.7 Å². The SMILES string of the molecule is O=C(Nc1ccn(-c2ccc(CNCC3[C@H]4CNC[C@@H]34)cc2)c(=O)n1)N1CCNCC1. The lowest BCUT2D eigenvalue weighted by Crippen LogP contribution is -2.48. The molecule has 2 amide bonds. The lowest BCUT2D eigenvalue weighted by Gasteiger charge is -2.27. The number of nitrogens with one attached hydrogen (secondary N) is 4. The van der Waals surface area contributed by atoms with Crippen LogP contribution in [-0.2, 0) is 6.54 Å². The molecule has 31 heavy (non-hydrogen) atoms. The highest BCUT2D eigenvalue weighted by Gasteiger charge is 2.51. The van der Waals surface area contributed by atoms with Gasteiger partial charge in [-0.3, -0.25) is 9.88 Å². The van der Waals surface area contributed by atoms with Gasteiger partial charge in [0.05, 0.1) is 5.69 Å². The average Bonchev–Trinajstić information content (AvgIpc) is 3.21. The molecule has 2 saturated heterocycles. The van der Waals surface area contributed by atoms with Crippen LogP contribution < -0.4 is 27.0 Å². The van der Waals surface area contributed by atoms with Crippen molar-refractivity contribution in [3.63, 3.8) is 0 Å². The molecule has 3 aliphatic rings. The third-order valence-corrected chi connectivity index (χ3v) is 6.64. The Bertz CT molecular complexity index is 974. The molecule has 3 fully saturated rings. The Labute approximate surface area is 181 Å². The molecule has 1 aliphatic carbocycles. The van der Waals surface area contributed by atoms with Gasteiger partial charge in [-0.1, -0.05) is 12.1 Å². The molecule has 4 N–H and O–H groups in total. The number of urea groups is 1. The van der Waals surface area contributed by atoms with Crippen molar-refractivity contribution in [3.8, 4) is 5.69 Å². The monoisotopic (exact) mass is 423 g/mol. The number of anilines is 1. The molecule has 1 saturated carbocycles. The Hall–Kier alpha value is -2.75. The van der Waals surface area contributed by atoms with E-state index in [1.165, 1.54) is 23.2 Å². The zero-order chi connectivity index (χ0) is 21.2. The smallest absolute Gasteiger partial charge is 0.322 e. The molecule has 0 spiro atoms. The quantitative estimate of drug-likeness (QED) is 0.530. The molecule has 3 atom stereocenters. The van der Waals surface area contributed by atoms with Crippen LogP contribution in [0.3, 0.4) is 0 Å². The Morgan fingerprint density at radius 2 is 1.81 bits per heavy atom. The minimum atomic E-state index is -0.419. The Morgan fingerprint density at radius 1 is 1.06 bits per heavy atom. The van der Waals surface area contributed by atoms with Gasteiger partial charge in [0, 0.05) is 38.9 Å². The first-order chi connectivity index (χ1) is 15.2. The highest BCUT2D eigenvalue weighted by molar-refractivity contribution is 5.88. The topological polar surface area (TPSA) is 103 Å². The second-order valence-electron chi connectivity index (χ2n) is 8.58. The van der Waals surface area contributed by atoms with E-state index in [9.17, 15) is 9.59 Å². The van der Waals surface area contributed by atoms with E-state index in [0.29, 0.717) is 13.1 Å². The van der Waals surface area contributed by atoms with E-state index in [2.05, 4.69) is 26.3 Å². The fraction of sp³-hybridized carbons (Fsp3) is 0.500. The predicted octanol–water partition coefficient (Wildman–Crippen LogP) is 0.225. The number of hydrogen-bond donors (Lipinski definition) is 4. The summed E-state index contributed by atoms with van der Waals surface area (Å²) in [6.45, 7) is 7.07. The molecular weight excluding hydrogens is 394 g/mol. The van der Waals surface area contributed by atoms with Crippen molar-refractivity contribution in [2.24, 2.45) is 17.8 Å². The summed E-state index contributed by atoms with van der Waals surface area (Å²) in [5, 5.41) is 12.9. The fourth-order valence-electron chi connectivity index (χ4n) is 4.73. The van der Waals surface area contributed by atoms with E-state index >= 15 is 0 Å². The summed E-state index contributed by atoms with van der Waals surface area (Å²) in [5.41, 5.74) is 1.52. The van der Waals surface area contributed by atoms with Gasteiger partial charge in [0.25, 0.3) is 0 Å². The van der Waals surface area contributed by atoms with E-state index in [1.54, 1.807) is 17.2 Å². The number of carbonyl (C=O) groups is 1. The Kier molecular flexibility index (Phi) is 5.71. The standard InChI is InChI=1S/C22H29N7O2/c30-21(28-9-6-23-7-10-28)26-20-5-8-29(22(31)27-20)16-3-1-15(2-4-16)11-24-12-17-18-13-25-14-19(17)18/h1-5,8,17-19,23-25H,6-7,9-14H2,(H,26,27,30,31)/t17?,18-,19+. The molecule has 2 aliphatic heterocycles. The van der Waals surface area contributed by atoms with Crippen LogP contribution in [0.2, 0.25) is 0 Å². The highest BCUT2D eigenvalue weighted by atomic mass is 16.2. The molecule has 1 unspecified atom stereocenters. The number of piperidine rings is 1. The van der Waals surface area contributed by atoms with Crippen LogP contribution in [-0.4, -0.2) is 66.3 Å². The summed E-state index contributed by atoms with van der Waals surface area (Å²) in [4.78, 5) is 30.5. The van der Waals surface area contributed by atoms with Crippen molar-refractivity contribution in [2.45, 2.75) is 6.54 Å². The summed E-state index contributed by atoms with van der Waals surface area (Å²) in [7, 11) is 0. The second kappa shape index (κ2) is 8.78. The van der Waals surface area contributed by atoms with Gasteiger partial charge < -0.3 is 20.9 Å². The van der Waals surface area contributed by atoms with Gasteiger partial charge in [0.15, 0.2) is 0 Å². The molecule has 3 heterocycles. The predicted molar refractivity (Wildman–Crippen MR) is 118 cm³/mol. The largest absolute Gasteiger partial charge is 0.354 e. The van der Waals surface area contributed by atoms with Gasteiger partial charge in [-0.25, -0.2) is 9.59 Å². The van der Waals surface area contributed by atoms with Gasteiger partial charge in [0.1, 0.15) is 5.82 Å². The average molecular weight is 424 g/mol. The molecular formula is C22H29N7O2. The molecule has 9 nitrogen and oxygen atoms in total. The lowest BCUT2D eigenvalue weighted by molar-refractivity contribution is 0.204. The zero-order valence-electron chi connectivity index (χ0n) is 17.5. The van der Waals surface area contributed by atoms with Crippen LogP contribution >= 0.6 is 0 Å². The summed E-state index contributed by atoms with van der Waals surface area (Å²) < 4.78 is 1.48. The molecule has 1 aromatic carbocycles. The van der Waals surface area contributed by atoms with E-state index in [0.717, 1.165) is 49.6 Å². The van der Waals surface area contributed by atoms with Crippen LogP contribution in [0.25, 0.3) is 5.69 Å². The van der Waals surface area contributed by atoms with Crippen LogP contribution in [0.4, 0.5) is 10.6 Å². The first-order valence-corrected chi connectivity index (χ1v) is 11.1. The Balaban J connectivity index is 1.16. The van der Waals surface area contributed by atoms with Crippen LogP contribution in [0.5, 0.6) is 0 Å². The lowest BCUT2D eigenvalue weighted by atomic mass is 10.2. The third kappa shape index (κ3) is 4.48. The summed E-state index contributed by atoms with van der Waals surface area (Å²) >= 11 is 0. The molecule has 2 aromatic rings. The normalized spacial score (nSPS) is 24.6. The van der Waals surface area contributed by atoms with Crippen molar-refractivity contribution < 1.29 is 4.79 Å². The van der Waals surface area contributed by atoms with Gasteiger partial charge in [0.2, 0.25) is 0 Å². The van der Waals surface area contributed by atoms with Gasteiger partial charge in [-0.05, 0) is 61.2 Å². The number of carbonyl (C=O) groups excluding carboxylic acids is 1. The number of amides is 2. The van der Waals surface area contributed by atoms with Crippen LogP contribution in [0, 0.1) is 17.8 Å². The number of benzene rings is 1. The summed E-state index contributed by atoms with van der Waals surface area (Å²) in [6, 6.07) is 9.34. The number of fused-ring (bicyclic) bond motifs is 1. The van der Waals surface area contributed by atoms with Crippen LogP contribution in [0.1, 0.15) is 5.56 Å². The first-order valence-electron chi connectivity index (χ1n) is 11.1. The molecule has 0 radical (unpaired) electrons. The van der Waals surface area contributed by atoms with E-state index in [-0.39, 0.29) is 11.8 Å². The van der Waals surface area contributed by atoms with E-state index < -0.39 is 5.69 Å². The second-order valence-corrected chi connectivity index (χ2v) is 8.58. The number of rotatable bonds is 6. The first kappa shape index (κ1) is 20.2. The Morgan fingerprint density at radius 3 is 2.52 bits per heavy atom. The number of nitrogens with zero attached hydrogens (tertiary/aromatic N) is 3. The van der Waals surface area contributed by atoms with Gasteiger partial charge in [-0.15, -0.1) is 0 Å². The molecule has 164 valence electrons. The summed E-state index contributed by atoms with van der Waals surface area (Å²) in [5.74, 6) is 2.85. The fourth-order valence-corrected chi connectivity index (χ4v) is 4.73. The van der Waals surface area contributed by atoms with Crippen molar-refractivity contribution in [2.75, 3.05) is 51.1 Å². The maximum atomic E-state index is 12.5. The summed E-state index contributed by atoms with van der Waals surface area (Å²) in [6.07, 6.45) is 1.65. The van der Waals surface area contributed by atoms with Crippen molar-refractivity contribution in [1.29, 1.82) is 0 Å².